The second-order valence-corrected chi connectivity index (χ2v) is 12.4. The van der Waals surface area contributed by atoms with Crippen molar-refractivity contribution < 1.29 is 9.90 Å². The summed E-state index contributed by atoms with van der Waals surface area (Å²) in [7, 11) is 0. The van der Waals surface area contributed by atoms with Crippen molar-refractivity contribution in [3.63, 3.8) is 0 Å². The molecule has 0 fully saturated rings. The van der Waals surface area contributed by atoms with Crippen LogP contribution in [0.25, 0.3) is 16.7 Å². The first-order valence-corrected chi connectivity index (χ1v) is 15.3. The molecule has 3 atom stereocenters. The Morgan fingerprint density at radius 2 is 1.80 bits per heavy atom. The normalized spacial score (nSPS) is 23.9. The lowest BCUT2D eigenvalue weighted by molar-refractivity contribution is 0.0276. The van der Waals surface area contributed by atoms with Crippen molar-refractivity contribution in [2.45, 2.75) is 66.4 Å². The van der Waals surface area contributed by atoms with E-state index in [-0.39, 0.29) is 11.8 Å². The molecule has 0 radical (unpaired) electrons. The molecule has 0 heterocycles. The van der Waals surface area contributed by atoms with Crippen molar-refractivity contribution in [1.82, 2.24) is 10.2 Å². The molecule has 1 amide bonds. The summed E-state index contributed by atoms with van der Waals surface area (Å²) in [6, 6.07) is 12.4. The number of nitrogens with zero attached hydrogens (tertiary/aromatic N) is 1. The summed E-state index contributed by atoms with van der Waals surface area (Å²) in [5.41, 5.74) is 12.2. The molecule has 3 aliphatic carbocycles. The first-order valence-electron chi connectivity index (χ1n) is 15.3. The lowest BCUT2D eigenvalue weighted by atomic mass is 9.56. The van der Waals surface area contributed by atoms with Gasteiger partial charge in [-0.05, 0) is 134 Å². The smallest absolute Gasteiger partial charge is 0.251 e. The topological polar surface area (TPSA) is 52.6 Å². The Morgan fingerprint density at radius 1 is 1.07 bits per heavy atom. The molecule has 4 nitrogen and oxygen atoms in total. The number of fused-ring (bicyclic) bond motifs is 3. The largest absolute Gasteiger partial charge is 0.380 e. The van der Waals surface area contributed by atoms with Gasteiger partial charge in [-0.1, -0.05) is 56.8 Å². The summed E-state index contributed by atoms with van der Waals surface area (Å²) in [6.07, 6.45) is 2.71. The van der Waals surface area contributed by atoms with Crippen molar-refractivity contribution in [2.24, 2.45) is 11.8 Å². The van der Waals surface area contributed by atoms with Gasteiger partial charge in [-0.25, -0.2) is 0 Å². The van der Waals surface area contributed by atoms with E-state index < -0.39 is 5.60 Å². The summed E-state index contributed by atoms with van der Waals surface area (Å²) < 4.78 is 0. The molecule has 0 bridgehead atoms. The lowest BCUT2D eigenvalue weighted by Crippen LogP contribution is -2.49. The summed E-state index contributed by atoms with van der Waals surface area (Å²) in [4.78, 5) is 15.4. The fraction of sp³-hybridized carbons (Fsp3) is 0.432. The average Bonchev–Trinajstić information content (AvgIpc) is 2.96. The van der Waals surface area contributed by atoms with E-state index in [0.717, 1.165) is 66.8 Å². The Bertz CT molecular complexity index is 1490. The Hall–Kier alpha value is -3.21. The molecule has 2 aromatic carbocycles. The van der Waals surface area contributed by atoms with E-state index in [4.69, 9.17) is 0 Å². The number of allylic oxidation sites excluding steroid dienone is 3. The van der Waals surface area contributed by atoms with E-state index in [1.165, 1.54) is 33.4 Å². The Balaban J connectivity index is 1.50. The number of aliphatic hydroxyl groups is 1. The summed E-state index contributed by atoms with van der Waals surface area (Å²) >= 11 is 0. The highest BCUT2D eigenvalue weighted by Crippen LogP contribution is 2.57. The van der Waals surface area contributed by atoms with Gasteiger partial charge in [-0.15, -0.1) is 0 Å². The van der Waals surface area contributed by atoms with Gasteiger partial charge in [0.2, 0.25) is 0 Å². The summed E-state index contributed by atoms with van der Waals surface area (Å²) in [5, 5.41) is 15.3. The standard InChI is InChI=1S/C37H46N2O2/c1-9-39(10-2)17-16-38-36(40)29-13-11-12-28(19-29)32-15-14-22(3)34-25(6)35-27(8)37(41)26(7)24(5)23(4)18-31(37)20-30(35)21-33(32)34/h11-15,19,30-31,41H,6-7,9-10,16-18,20-21H2,1-5,8H3,(H,38,40)/t30-,31-,37-/m1/s1. The fourth-order valence-corrected chi connectivity index (χ4v) is 7.72. The number of benzene rings is 2. The zero-order valence-electron chi connectivity index (χ0n) is 25.8. The number of hydrogen-bond acceptors (Lipinski definition) is 3. The number of likely N-dealkylation sites (N-methyl/N-ethyl adjacent to an activating group) is 1. The Labute approximate surface area is 246 Å². The lowest BCUT2D eigenvalue weighted by Gasteiger charge is -2.51. The first-order chi connectivity index (χ1) is 19.5. The number of rotatable bonds is 7. The predicted molar refractivity (Wildman–Crippen MR) is 171 cm³/mol. The molecule has 0 aliphatic heterocycles. The highest BCUT2D eigenvalue weighted by Gasteiger charge is 2.51. The molecule has 2 N–H and O–H groups in total. The van der Waals surface area contributed by atoms with Crippen LogP contribution >= 0.6 is 0 Å². The van der Waals surface area contributed by atoms with Crippen LogP contribution in [0.3, 0.4) is 0 Å². The minimum absolute atomic E-state index is 0.0342. The molecule has 0 saturated carbocycles. The van der Waals surface area contributed by atoms with Gasteiger partial charge in [0, 0.05) is 24.6 Å². The van der Waals surface area contributed by atoms with Gasteiger partial charge < -0.3 is 15.3 Å². The maximum absolute atomic E-state index is 13.1. The van der Waals surface area contributed by atoms with E-state index in [1.54, 1.807) is 0 Å². The number of aryl methyl sites for hydroxylation is 1. The zero-order valence-corrected chi connectivity index (χ0v) is 25.8. The van der Waals surface area contributed by atoms with Crippen molar-refractivity contribution >= 4 is 11.5 Å². The molecule has 0 aromatic heterocycles. The number of amides is 1. The molecule has 0 unspecified atom stereocenters. The van der Waals surface area contributed by atoms with Crippen LogP contribution in [0.2, 0.25) is 0 Å². The van der Waals surface area contributed by atoms with Crippen molar-refractivity contribution in [2.75, 3.05) is 26.2 Å². The monoisotopic (exact) mass is 550 g/mol. The van der Waals surface area contributed by atoms with E-state index in [1.807, 2.05) is 18.2 Å². The highest BCUT2D eigenvalue weighted by molar-refractivity contribution is 5.96. The van der Waals surface area contributed by atoms with E-state index >= 15 is 0 Å². The summed E-state index contributed by atoms with van der Waals surface area (Å²) in [5.74, 6) is 0.387. The minimum atomic E-state index is -1.01. The van der Waals surface area contributed by atoms with Crippen LogP contribution in [0.4, 0.5) is 0 Å². The second kappa shape index (κ2) is 11.2. The molecular formula is C37H46N2O2. The molecule has 0 saturated heterocycles. The zero-order chi connectivity index (χ0) is 29.6. The molecule has 5 rings (SSSR count). The molecule has 0 spiro atoms. The van der Waals surface area contributed by atoms with Crippen LogP contribution in [-0.2, 0) is 6.42 Å². The third-order valence-electron chi connectivity index (χ3n) is 10.3. The third-order valence-corrected chi connectivity index (χ3v) is 10.3. The SMILES string of the molecule is C=C1C2=C(C)[C@]3(O)C(=C)C(C)=C(C)C[C@@H]3C[C@@H]2Cc2c(-c3cccc(C(=O)NCCN(CC)CC)c3)ccc(C)c21. The average molecular weight is 551 g/mol. The van der Waals surface area contributed by atoms with Gasteiger partial charge in [-0.3, -0.25) is 4.79 Å². The van der Waals surface area contributed by atoms with Crippen LogP contribution in [0.15, 0.2) is 77.4 Å². The van der Waals surface area contributed by atoms with Gasteiger partial charge in [0.1, 0.15) is 5.60 Å². The number of hydrogen-bond donors (Lipinski definition) is 2. The molecule has 41 heavy (non-hydrogen) atoms. The molecule has 3 aliphatic rings. The van der Waals surface area contributed by atoms with Gasteiger partial charge >= 0.3 is 0 Å². The Kier molecular flexibility index (Phi) is 8.02. The highest BCUT2D eigenvalue weighted by atomic mass is 16.3. The maximum atomic E-state index is 13.1. The molecule has 216 valence electrons. The third kappa shape index (κ3) is 4.85. The maximum Gasteiger partial charge on any atom is 0.251 e. The van der Waals surface area contributed by atoms with Crippen LogP contribution in [0, 0.1) is 18.8 Å². The number of carbonyl (C=O) groups is 1. The van der Waals surface area contributed by atoms with E-state index in [0.29, 0.717) is 18.0 Å². The van der Waals surface area contributed by atoms with E-state index in [2.05, 4.69) is 83.1 Å². The van der Waals surface area contributed by atoms with Crippen molar-refractivity contribution in [3.8, 4) is 11.1 Å². The van der Waals surface area contributed by atoms with E-state index in [9.17, 15) is 9.90 Å². The Morgan fingerprint density at radius 3 is 2.51 bits per heavy atom. The minimum Gasteiger partial charge on any atom is -0.380 e. The second-order valence-electron chi connectivity index (χ2n) is 12.4. The van der Waals surface area contributed by atoms with Crippen LogP contribution < -0.4 is 5.32 Å². The van der Waals surface area contributed by atoms with Gasteiger partial charge in [-0.2, -0.15) is 0 Å². The number of carbonyl (C=O) groups excluding carboxylic acids is 1. The molecule has 2 aromatic rings. The number of nitrogens with one attached hydrogen (secondary N) is 1. The predicted octanol–water partition coefficient (Wildman–Crippen LogP) is 7.28. The van der Waals surface area contributed by atoms with Crippen LogP contribution in [-0.4, -0.2) is 47.7 Å². The van der Waals surface area contributed by atoms with Gasteiger partial charge in [0.25, 0.3) is 5.91 Å². The van der Waals surface area contributed by atoms with Crippen molar-refractivity contribution in [1.29, 1.82) is 0 Å². The molecular weight excluding hydrogens is 504 g/mol. The van der Waals surface area contributed by atoms with Gasteiger partial charge in [0.15, 0.2) is 0 Å². The first kappa shape index (κ1) is 29.3. The quantitative estimate of drug-likeness (QED) is 0.381. The molecule has 4 heteroatoms. The van der Waals surface area contributed by atoms with Crippen LogP contribution in [0.5, 0.6) is 0 Å². The summed E-state index contributed by atoms with van der Waals surface area (Å²) in [6.45, 7) is 25.3. The fourth-order valence-electron chi connectivity index (χ4n) is 7.72. The van der Waals surface area contributed by atoms with Crippen LogP contribution in [0.1, 0.15) is 74.5 Å². The van der Waals surface area contributed by atoms with Gasteiger partial charge in [0.05, 0.1) is 0 Å². The van der Waals surface area contributed by atoms with Crippen molar-refractivity contribution in [3.05, 3.63) is 99.7 Å².